The minimum Gasteiger partial charge on any atom is -0.508 e. The first-order chi connectivity index (χ1) is 24.9. The number of allylic oxidation sites excluding steroid dienone is 3. The van der Waals surface area contributed by atoms with Crippen LogP contribution in [-0.2, 0) is 60.4 Å². The number of phenolic OH excluding ortho intramolecular Hbond substituents is 2. The van der Waals surface area contributed by atoms with Gasteiger partial charge in [0.15, 0.2) is 5.78 Å². The number of aliphatic hydroxyl groups excluding tert-OH is 1. The monoisotopic (exact) mass is 722 g/mol. The molecule has 4 atom stereocenters. The van der Waals surface area contributed by atoms with Crippen LogP contribution >= 0.6 is 0 Å². The van der Waals surface area contributed by atoms with Crippen molar-refractivity contribution in [3.8, 4) is 11.5 Å². The SMILES string of the molecule is C/C=C1\[C@H](O)OC=C(C(C)=O)[C@H]1CC(=O)OCCc1ccc(O)cc1.C/C=C1\[C@H](OC)OC=C(C(=O)OC)[C@H]1CC(=O)OCCc1ccc(O)cc1. The zero-order chi connectivity index (χ0) is 38.2. The first-order valence-corrected chi connectivity index (χ1v) is 16.6. The van der Waals surface area contributed by atoms with Gasteiger partial charge in [0.1, 0.15) is 11.5 Å². The van der Waals surface area contributed by atoms with Crippen LogP contribution < -0.4 is 0 Å². The fourth-order valence-electron chi connectivity index (χ4n) is 5.60. The Morgan fingerprint density at radius 3 is 1.60 bits per heavy atom. The fourth-order valence-corrected chi connectivity index (χ4v) is 5.60. The Labute approximate surface area is 302 Å². The summed E-state index contributed by atoms with van der Waals surface area (Å²) >= 11 is 0. The molecule has 0 spiro atoms. The van der Waals surface area contributed by atoms with Crippen molar-refractivity contribution in [1.29, 1.82) is 0 Å². The maximum Gasteiger partial charge on any atom is 0.337 e. The highest BCUT2D eigenvalue weighted by molar-refractivity contribution is 5.95. The second-order valence-electron chi connectivity index (χ2n) is 11.8. The molecule has 0 radical (unpaired) electrons. The zero-order valence-electron chi connectivity index (χ0n) is 29.9. The van der Waals surface area contributed by atoms with Crippen molar-refractivity contribution in [3.63, 3.8) is 0 Å². The average Bonchev–Trinajstić information content (AvgIpc) is 3.13. The number of methoxy groups -OCH3 is 2. The Hall–Kier alpha value is -5.40. The lowest BCUT2D eigenvalue weighted by molar-refractivity contribution is -0.146. The van der Waals surface area contributed by atoms with Crippen LogP contribution in [0, 0.1) is 11.8 Å². The maximum absolute atomic E-state index is 12.3. The summed E-state index contributed by atoms with van der Waals surface area (Å²) in [4.78, 5) is 48.2. The number of hydrogen-bond donors (Lipinski definition) is 3. The van der Waals surface area contributed by atoms with E-state index in [-0.39, 0.29) is 48.9 Å². The fraction of sp³-hybridized carbons (Fsp3) is 0.385. The van der Waals surface area contributed by atoms with E-state index < -0.39 is 42.3 Å². The Morgan fingerprint density at radius 1 is 0.712 bits per heavy atom. The summed E-state index contributed by atoms with van der Waals surface area (Å²) in [5.74, 6) is -2.40. The number of benzene rings is 2. The maximum atomic E-state index is 12.3. The normalized spacial score (nSPS) is 21.0. The van der Waals surface area contributed by atoms with Gasteiger partial charge in [-0.05, 0) is 56.2 Å². The summed E-state index contributed by atoms with van der Waals surface area (Å²) in [5.41, 5.74) is 3.60. The molecule has 0 bridgehead atoms. The van der Waals surface area contributed by atoms with Gasteiger partial charge < -0.3 is 43.7 Å². The highest BCUT2D eigenvalue weighted by Gasteiger charge is 2.37. The highest BCUT2D eigenvalue weighted by Crippen LogP contribution is 2.34. The van der Waals surface area contributed by atoms with E-state index in [1.165, 1.54) is 33.7 Å². The molecule has 0 unspecified atom stereocenters. The summed E-state index contributed by atoms with van der Waals surface area (Å²) in [5, 5.41) is 28.4. The van der Waals surface area contributed by atoms with Gasteiger partial charge >= 0.3 is 17.9 Å². The van der Waals surface area contributed by atoms with E-state index in [1.807, 2.05) is 0 Å². The van der Waals surface area contributed by atoms with Crippen LogP contribution in [0.1, 0.15) is 44.7 Å². The van der Waals surface area contributed by atoms with Crippen LogP contribution in [0.3, 0.4) is 0 Å². The lowest BCUT2D eigenvalue weighted by atomic mass is 9.84. The number of hydrogen-bond acceptors (Lipinski definition) is 13. The second-order valence-corrected chi connectivity index (χ2v) is 11.8. The smallest absolute Gasteiger partial charge is 0.337 e. The van der Waals surface area contributed by atoms with Crippen LogP contribution in [-0.4, -0.2) is 79.0 Å². The molecule has 0 aliphatic carbocycles. The summed E-state index contributed by atoms with van der Waals surface area (Å²) in [6, 6.07) is 13.3. The van der Waals surface area contributed by atoms with Crippen molar-refractivity contribution >= 4 is 23.7 Å². The van der Waals surface area contributed by atoms with Crippen LogP contribution in [0.4, 0.5) is 0 Å². The second kappa shape index (κ2) is 20.4. The van der Waals surface area contributed by atoms with Gasteiger partial charge in [-0.25, -0.2) is 4.79 Å². The molecule has 13 nitrogen and oxygen atoms in total. The summed E-state index contributed by atoms with van der Waals surface area (Å²) in [7, 11) is 2.76. The molecule has 280 valence electrons. The van der Waals surface area contributed by atoms with Gasteiger partial charge in [-0.2, -0.15) is 0 Å². The topological polar surface area (TPSA) is 184 Å². The van der Waals surface area contributed by atoms with Gasteiger partial charge in [0.2, 0.25) is 12.6 Å². The zero-order valence-corrected chi connectivity index (χ0v) is 29.9. The van der Waals surface area contributed by atoms with Gasteiger partial charge in [0, 0.05) is 48.5 Å². The van der Waals surface area contributed by atoms with E-state index in [0.717, 1.165) is 11.1 Å². The predicted molar refractivity (Wildman–Crippen MR) is 187 cm³/mol. The Morgan fingerprint density at radius 2 is 1.17 bits per heavy atom. The number of rotatable bonds is 13. The largest absolute Gasteiger partial charge is 0.508 e. The van der Waals surface area contributed by atoms with Gasteiger partial charge in [0.25, 0.3) is 0 Å². The van der Waals surface area contributed by atoms with Crippen molar-refractivity contribution < 1.29 is 62.9 Å². The van der Waals surface area contributed by atoms with E-state index in [2.05, 4.69) is 0 Å². The molecule has 52 heavy (non-hydrogen) atoms. The molecule has 0 saturated carbocycles. The molecule has 0 fully saturated rings. The van der Waals surface area contributed by atoms with E-state index in [0.29, 0.717) is 29.6 Å². The molecule has 2 aromatic carbocycles. The number of phenols is 2. The minimum absolute atomic E-state index is 0.0284. The summed E-state index contributed by atoms with van der Waals surface area (Å²) < 4.78 is 31.0. The van der Waals surface area contributed by atoms with Crippen LogP contribution in [0.2, 0.25) is 0 Å². The van der Waals surface area contributed by atoms with Crippen molar-refractivity contribution in [2.75, 3.05) is 27.4 Å². The Bertz CT molecular complexity index is 1650. The third-order valence-corrected chi connectivity index (χ3v) is 8.39. The van der Waals surface area contributed by atoms with Crippen molar-refractivity contribution in [1.82, 2.24) is 0 Å². The number of Topliss-reactive ketones (excluding diaryl/α,β-unsaturated/α-hetero) is 1. The molecule has 0 saturated heterocycles. The number of carbonyl (C=O) groups is 4. The third kappa shape index (κ3) is 11.8. The number of carbonyl (C=O) groups excluding carboxylic acids is 4. The minimum atomic E-state index is -1.16. The molecule has 2 aromatic rings. The van der Waals surface area contributed by atoms with Gasteiger partial charge in [-0.1, -0.05) is 36.4 Å². The van der Waals surface area contributed by atoms with Crippen molar-refractivity contribution in [2.45, 2.75) is 59.0 Å². The molecule has 2 heterocycles. The van der Waals surface area contributed by atoms with E-state index >= 15 is 0 Å². The van der Waals surface area contributed by atoms with E-state index in [1.54, 1.807) is 74.5 Å². The molecular formula is C39H46O13. The predicted octanol–water partition coefficient (Wildman–Crippen LogP) is 4.74. The van der Waals surface area contributed by atoms with Gasteiger partial charge in [-0.15, -0.1) is 0 Å². The average molecular weight is 723 g/mol. The first kappa shape index (κ1) is 41.0. The molecule has 13 heteroatoms. The third-order valence-electron chi connectivity index (χ3n) is 8.39. The molecule has 4 rings (SSSR count). The highest BCUT2D eigenvalue weighted by atomic mass is 16.7. The molecule has 2 aliphatic heterocycles. The molecule has 3 N–H and O–H groups in total. The number of aliphatic hydroxyl groups is 1. The number of aromatic hydroxyl groups is 2. The lowest BCUT2D eigenvalue weighted by Gasteiger charge is -2.30. The van der Waals surface area contributed by atoms with Crippen LogP contribution in [0.5, 0.6) is 11.5 Å². The van der Waals surface area contributed by atoms with Crippen molar-refractivity contribution in [3.05, 3.63) is 107 Å². The summed E-state index contributed by atoms with van der Waals surface area (Å²) in [6.45, 7) is 5.29. The van der Waals surface area contributed by atoms with Crippen LogP contribution in [0.15, 0.2) is 95.5 Å². The van der Waals surface area contributed by atoms with E-state index in [4.69, 9.17) is 28.4 Å². The Balaban J connectivity index is 0.000000281. The first-order valence-electron chi connectivity index (χ1n) is 16.6. The molecule has 2 aliphatic rings. The molecule has 0 amide bonds. The Kier molecular flexibility index (Phi) is 16.1. The quantitative estimate of drug-likeness (QED) is 0.146. The number of ketones is 1. The van der Waals surface area contributed by atoms with Crippen LogP contribution in [0.25, 0.3) is 0 Å². The standard InChI is InChI=1S/C20H24O7.C19H22O6/c1-4-15-16(17(19(23)24-2)12-27-20(15)25-3)11-18(22)26-10-9-13-5-7-14(21)8-6-13;1-3-15-16(17(12(2)20)11-25-19(15)23)10-18(22)24-9-8-13-4-6-14(21)7-5-13/h4-8,12,16,20-21H,9-11H2,1-3H3;3-7,11,16,19,21,23H,8-10H2,1-2H3/b15-4-;15-3-/t16-,20+;16-,19+/m00/s1. The van der Waals surface area contributed by atoms with Crippen molar-refractivity contribution in [2.24, 2.45) is 11.8 Å². The van der Waals surface area contributed by atoms with Gasteiger partial charge in [-0.3, -0.25) is 14.4 Å². The number of ether oxygens (including phenoxy) is 6. The lowest BCUT2D eigenvalue weighted by Crippen LogP contribution is -2.32. The summed E-state index contributed by atoms with van der Waals surface area (Å²) in [6.07, 6.45) is 5.05. The van der Waals surface area contributed by atoms with Gasteiger partial charge in [0.05, 0.1) is 51.3 Å². The molecular weight excluding hydrogens is 676 g/mol. The molecule has 0 aromatic heterocycles. The number of esters is 3. The van der Waals surface area contributed by atoms with E-state index in [9.17, 15) is 34.5 Å².